The van der Waals surface area contributed by atoms with Gasteiger partial charge in [-0.15, -0.1) is 0 Å². The Labute approximate surface area is 150 Å². The van der Waals surface area contributed by atoms with Gasteiger partial charge in [-0.1, -0.05) is 23.4 Å². The highest BCUT2D eigenvalue weighted by Crippen LogP contribution is 2.29. The minimum Gasteiger partial charge on any atom is -0.391 e. The molecule has 2 aliphatic heterocycles. The molecule has 4 nitrogen and oxygen atoms in total. The van der Waals surface area contributed by atoms with Crippen LogP contribution in [0.25, 0.3) is 0 Å². The first-order valence-corrected chi connectivity index (χ1v) is 8.68. The van der Waals surface area contributed by atoms with Crippen molar-refractivity contribution in [2.24, 2.45) is 5.16 Å². The van der Waals surface area contributed by atoms with E-state index in [0.29, 0.717) is 18.7 Å². The summed E-state index contributed by atoms with van der Waals surface area (Å²) in [5, 5.41) is 3.90. The van der Waals surface area contributed by atoms with Crippen LogP contribution in [0, 0.1) is 11.6 Å². The summed E-state index contributed by atoms with van der Waals surface area (Å²) in [6.45, 7) is 0.683. The highest BCUT2D eigenvalue weighted by Gasteiger charge is 2.30. The number of benzene rings is 2. The molecule has 0 spiro atoms. The first kappa shape index (κ1) is 16.7. The van der Waals surface area contributed by atoms with E-state index in [1.165, 1.54) is 17.7 Å². The first-order chi connectivity index (χ1) is 12.6. The number of anilines is 1. The van der Waals surface area contributed by atoms with Gasteiger partial charge in [0.05, 0.1) is 12.1 Å². The number of para-hydroxylation sites is 1. The molecule has 2 aliphatic rings. The summed E-state index contributed by atoms with van der Waals surface area (Å²) in [5.41, 5.74) is 2.74. The standard InChI is InChI=1S/C20H18F2N2O2/c21-14-7-8-16(17(22)10-14)18-11-15(26-23-18)12-20(25)24-9-3-5-13-4-1-2-6-19(13)24/h1-2,4,6-8,10,15H,3,5,9,11-12H2/t15-/m1/s1. The van der Waals surface area contributed by atoms with Crippen LogP contribution in [0.3, 0.4) is 0 Å². The van der Waals surface area contributed by atoms with E-state index in [1.807, 2.05) is 24.3 Å². The summed E-state index contributed by atoms with van der Waals surface area (Å²) in [4.78, 5) is 19.9. The number of hydrogen-bond donors (Lipinski definition) is 0. The summed E-state index contributed by atoms with van der Waals surface area (Å²) in [6, 6.07) is 11.2. The monoisotopic (exact) mass is 356 g/mol. The maximum Gasteiger partial charge on any atom is 0.230 e. The molecule has 0 fully saturated rings. The molecule has 0 saturated heterocycles. The SMILES string of the molecule is O=C(C[C@H]1CC(c2ccc(F)cc2F)=NO1)N1CCCc2ccccc21. The molecular weight excluding hydrogens is 338 g/mol. The molecule has 0 unspecified atom stereocenters. The minimum absolute atomic E-state index is 0.0295. The predicted molar refractivity (Wildman–Crippen MR) is 94.1 cm³/mol. The lowest BCUT2D eigenvalue weighted by Gasteiger charge is -2.30. The number of carbonyl (C=O) groups excluding carboxylic acids is 1. The molecule has 0 radical (unpaired) electrons. The molecule has 1 atom stereocenters. The van der Waals surface area contributed by atoms with Gasteiger partial charge >= 0.3 is 0 Å². The second-order valence-corrected chi connectivity index (χ2v) is 6.58. The van der Waals surface area contributed by atoms with Gasteiger partial charge in [0.2, 0.25) is 5.91 Å². The van der Waals surface area contributed by atoms with Crippen LogP contribution in [0.15, 0.2) is 47.6 Å². The van der Waals surface area contributed by atoms with Crippen molar-refractivity contribution in [1.29, 1.82) is 0 Å². The third-order valence-corrected chi connectivity index (χ3v) is 4.79. The fraction of sp³-hybridized carbons (Fsp3) is 0.300. The van der Waals surface area contributed by atoms with Gasteiger partial charge < -0.3 is 9.74 Å². The van der Waals surface area contributed by atoms with E-state index in [-0.39, 0.29) is 17.9 Å². The maximum atomic E-state index is 13.9. The zero-order valence-corrected chi connectivity index (χ0v) is 14.1. The van der Waals surface area contributed by atoms with Crippen LogP contribution in [0.4, 0.5) is 14.5 Å². The van der Waals surface area contributed by atoms with Gasteiger partial charge in [-0.3, -0.25) is 4.79 Å². The van der Waals surface area contributed by atoms with E-state index in [4.69, 9.17) is 4.84 Å². The molecule has 4 rings (SSSR count). The first-order valence-electron chi connectivity index (χ1n) is 8.68. The number of oxime groups is 1. The van der Waals surface area contributed by atoms with Crippen molar-refractivity contribution in [3.8, 4) is 0 Å². The Morgan fingerprint density at radius 2 is 2.08 bits per heavy atom. The third kappa shape index (κ3) is 3.19. The summed E-state index contributed by atoms with van der Waals surface area (Å²) in [7, 11) is 0. The molecule has 0 aromatic heterocycles. The van der Waals surface area contributed by atoms with Crippen molar-refractivity contribution in [1.82, 2.24) is 0 Å². The maximum absolute atomic E-state index is 13.9. The summed E-state index contributed by atoms with van der Waals surface area (Å²) in [5.74, 6) is -1.34. The normalized spacial score (nSPS) is 18.9. The van der Waals surface area contributed by atoms with Crippen LogP contribution in [-0.2, 0) is 16.1 Å². The average Bonchev–Trinajstić information content (AvgIpc) is 3.09. The van der Waals surface area contributed by atoms with Gasteiger partial charge in [0.1, 0.15) is 17.7 Å². The zero-order valence-electron chi connectivity index (χ0n) is 14.1. The Bertz CT molecular complexity index is 882. The zero-order chi connectivity index (χ0) is 18.1. The lowest BCUT2D eigenvalue weighted by molar-refractivity contribution is -0.121. The second kappa shape index (κ2) is 6.86. The van der Waals surface area contributed by atoms with Crippen LogP contribution in [-0.4, -0.2) is 24.3 Å². The third-order valence-electron chi connectivity index (χ3n) is 4.79. The quantitative estimate of drug-likeness (QED) is 0.839. The Kier molecular flexibility index (Phi) is 4.41. The van der Waals surface area contributed by atoms with Gasteiger partial charge in [-0.25, -0.2) is 8.78 Å². The topological polar surface area (TPSA) is 41.9 Å². The summed E-state index contributed by atoms with van der Waals surface area (Å²) >= 11 is 0. The molecule has 2 heterocycles. The number of fused-ring (bicyclic) bond motifs is 1. The highest BCUT2D eigenvalue weighted by atomic mass is 19.1. The van der Waals surface area contributed by atoms with Crippen molar-refractivity contribution >= 4 is 17.3 Å². The number of rotatable bonds is 3. The van der Waals surface area contributed by atoms with E-state index in [0.717, 1.165) is 24.6 Å². The molecule has 6 heteroatoms. The number of amides is 1. The van der Waals surface area contributed by atoms with Gasteiger partial charge in [-0.2, -0.15) is 0 Å². The summed E-state index contributed by atoms with van der Waals surface area (Å²) in [6.07, 6.45) is 1.96. The lowest BCUT2D eigenvalue weighted by atomic mass is 9.99. The van der Waals surface area contributed by atoms with Gasteiger partial charge in [0, 0.05) is 30.3 Å². The number of hydrogen-bond acceptors (Lipinski definition) is 3. The Balaban J connectivity index is 1.43. The van der Waals surface area contributed by atoms with Crippen molar-refractivity contribution in [3.63, 3.8) is 0 Å². The van der Waals surface area contributed by atoms with Crippen LogP contribution >= 0.6 is 0 Å². The van der Waals surface area contributed by atoms with E-state index in [1.54, 1.807) is 4.90 Å². The number of aryl methyl sites for hydroxylation is 1. The minimum atomic E-state index is -0.677. The van der Waals surface area contributed by atoms with Crippen molar-refractivity contribution in [2.45, 2.75) is 31.8 Å². The van der Waals surface area contributed by atoms with E-state index >= 15 is 0 Å². The predicted octanol–water partition coefficient (Wildman–Crippen LogP) is 3.83. The van der Waals surface area contributed by atoms with Crippen molar-refractivity contribution < 1.29 is 18.4 Å². The summed E-state index contributed by atoms with van der Waals surface area (Å²) < 4.78 is 26.9. The van der Waals surface area contributed by atoms with E-state index in [9.17, 15) is 13.6 Å². The average molecular weight is 356 g/mol. The van der Waals surface area contributed by atoms with Gasteiger partial charge in [-0.05, 0) is 36.6 Å². The molecule has 26 heavy (non-hydrogen) atoms. The Morgan fingerprint density at radius 1 is 1.23 bits per heavy atom. The number of halogens is 2. The van der Waals surface area contributed by atoms with Crippen molar-refractivity contribution in [2.75, 3.05) is 11.4 Å². The van der Waals surface area contributed by atoms with Crippen LogP contribution < -0.4 is 4.90 Å². The molecular formula is C20H18F2N2O2. The smallest absolute Gasteiger partial charge is 0.230 e. The molecule has 2 aromatic rings. The highest BCUT2D eigenvalue weighted by molar-refractivity contribution is 6.02. The molecule has 0 bridgehead atoms. The van der Waals surface area contributed by atoms with E-state index < -0.39 is 17.7 Å². The Hall–Kier alpha value is -2.76. The van der Waals surface area contributed by atoms with Gasteiger partial charge in [0.25, 0.3) is 0 Å². The Morgan fingerprint density at radius 3 is 2.92 bits per heavy atom. The van der Waals surface area contributed by atoms with Crippen LogP contribution in [0.2, 0.25) is 0 Å². The largest absolute Gasteiger partial charge is 0.391 e. The molecule has 2 aromatic carbocycles. The molecule has 0 N–H and O–H groups in total. The van der Waals surface area contributed by atoms with Crippen LogP contribution in [0.1, 0.15) is 30.4 Å². The van der Waals surface area contributed by atoms with E-state index in [2.05, 4.69) is 5.16 Å². The van der Waals surface area contributed by atoms with Crippen LogP contribution in [0.5, 0.6) is 0 Å². The van der Waals surface area contributed by atoms with Gasteiger partial charge in [0.15, 0.2) is 0 Å². The number of carbonyl (C=O) groups is 1. The fourth-order valence-electron chi connectivity index (χ4n) is 3.52. The lowest BCUT2D eigenvalue weighted by Crippen LogP contribution is -2.37. The molecule has 0 saturated carbocycles. The number of nitrogens with zero attached hydrogens (tertiary/aromatic N) is 2. The van der Waals surface area contributed by atoms with Crippen molar-refractivity contribution in [3.05, 3.63) is 65.2 Å². The molecule has 1 amide bonds. The molecule has 0 aliphatic carbocycles. The second-order valence-electron chi connectivity index (χ2n) is 6.58. The fourth-order valence-corrected chi connectivity index (χ4v) is 3.52. The molecule has 134 valence electrons.